The van der Waals surface area contributed by atoms with Gasteiger partial charge in [0.1, 0.15) is 17.2 Å². The molecule has 8 heteroatoms. The van der Waals surface area contributed by atoms with Gasteiger partial charge in [0.25, 0.3) is 0 Å². The highest BCUT2D eigenvalue weighted by Crippen LogP contribution is 2.39. The summed E-state index contributed by atoms with van der Waals surface area (Å²) >= 11 is 9.43. The number of hydrogen-bond donors (Lipinski definition) is 3. The van der Waals surface area contributed by atoms with Gasteiger partial charge in [-0.1, -0.05) is 39.7 Å². The smallest absolute Gasteiger partial charge is 0.227 e. The molecule has 2 aromatic carbocycles. The van der Waals surface area contributed by atoms with Gasteiger partial charge in [0, 0.05) is 46.9 Å². The number of fused-ring (bicyclic) bond motifs is 1. The van der Waals surface area contributed by atoms with Gasteiger partial charge in [-0.2, -0.15) is 5.10 Å². The molecule has 28 heavy (non-hydrogen) atoms. The van der Waals surface area contributed by atoms with Crippen LogP contribution in [-0.4, -0.2) is 37.8 Å². The molecular weight excluding hydrogens is 446 g/mol. The van der Waals surface area contributed by atoms with Crippen molar-refractivity contribution in [3.8, 4) is 22.8 Å². The molecule has 3 N–H and O–H groups in total. The minimum Gasteiger partial charge on any atom is -0.507 e. The monoisotopic (exact) mass is 461 g/mol. The number of aromatic amines is 1. The van der Waals surface area contributed by atoms with E-state index in [0.717, 1.165) is 21.3 Å². The fourth-order valence-corrected chi connectivity index (χ4v) is 4.01. The summed E-state index contributed by atoms with van der Waals surface area (Å²) in [4.78, 5) is 14.6. The zero-order chi connectivity index (χ0) is 19.8. The molecule has 3 aromatic rings. The molecule has 4 rings (SSSR count). The first-order chi connectivity index (χ1) is 13.4. The summed E-state index contributed by atoms with van der Waals surface area (Å²) in [7, 11) is 0. The molecule has 1 aliphatic heterocycles. The van der Waals surface area contributed by atoms with Crippen molar-refractivity contribution < 1.29 is 15.0 Å². The maximum absolute atomic E-state index is 12.8. The molecule has 144 valence electrons. The molecule has 0 aliphatic carbocycles. The van der Waals surface area contributed by atoms with Crippen LogP contribution in [0.3, 0.4) is 0 Å². The Kier molecular flexibility index (Phi) is 5.03. The summed E-state index contributed by atoms with van der Waals surface area (Å²) in [5.74, 6) is -0.282. The van der Waals surface area contributed by atoms with Gasteiger partial charge in [-0.3, -0.25) is 9.89 Å². The van der Waals surface area contributed by atoms with E-state index >= 15 is 0 Å². The van der Waals surface area contributed by atoms with Crippen LogP contribution in [0.25, 0.3) is 11.3 Å². The van der Waals surface area contributed by atoms with Crippen LogP contribution >= 0.6 is 27.5 Å². The van der Waals surface area contributed by atoms with Gasteiger partial charge in [0.15, 0.2) is 0 Å². The number of H-pyrrole nitrogens is 1. The zero-order valence-corrected chi connectivity index (χ0v) is 17.1. The number of halogens is 2. The van der Waals surface area contributed by atoms with Crippen LogP contribution in [-0.2, 0) is 24.2 Å². The molecule has 1 aliphatic rings. The average molecular weight is 463 g/mol. The van der Waals surface area contributed by atoms with Crippen LogP contribution in [0.2, 0.25) is 5.02 Å². The van der Waals surface area contributed by atoms with Crippen LogP contribution in [0.15, 0.2) is 40.9 Å². The predicted octanol–water partition coefficient (Wildman–Crippen LogP) is 4.03. The van der Waals surface area contributed by atoms with Crippen molar-refractivity contribution in [1.82, 2.24) is 15.1 Å². The number of rotatable bonds is 3. The van der Waals surface area contributed by atoms with Crippen LogP contribution in [0.5, 0.6) is 11.5 Å². The SMILES string of the molecule is O=C(Cc1cccc(Br)c1)N1CCc2[nH]nc(-c3cc(Cl)c(O)cc3O)c2C1. The number of aromatic hydroxyl groups is 2. The first-order valence-corrected chi connectivity index (χ1v) is 9.89. The van der Waals surface area contributed by atoms with Crippen LogP contribution in [0, 0.1) is 0 Å². The van der Waals surface area contributed by atoms with E-state index < -0.39 is 0 Å². The molecule has 0 bridgehead atoms. The lowest BCUT2D eigenvalue weighted by atomic mass is 9.99. The molecule has 2 heterocycles. The summed E-state index contributed by atoms with van der Waals surface area (Å²) in [6, 6.07) is 10.4. The van der Waals surface area contributed by atoms with Gasteiger partial charge in [0.05, 0.1) is 11.4 Å². The summed E-state index contributed by atoms with van der Waals surface area (Å²) in [6.45, 7) is 0.996. The van der Waals surface area contributed by atoms with Crippen LogP contribution < -0.4 is 0 Å². The molecular formula is C20H17BrClN3O3. The van der Waals surface area contributed by atoms with Gasteiger partial charge >= 0.3 is 0 Å². The molecule has 6 nitrogen and oxygen atoms in total. The number of phenolic OH excluding ortho intramolecular Hbond substituents is 2. The number of nitrogens with one attached hydrogen (secondary N) is 1. The minimum absolute atomic E-state index is 0.0314. The van der Waals surface area contributed by atoms with Gasteiger partial charge < -0.3 is 15.1 Å². The van der Waals surface area contributed by atoms with Crippen molar-refractivity contribution in [1.29, 1.82) is 0 Å². The number of phenols is 2. The number of nitrogens with zero attached hydrogens (tertiary/aromatic N) is 2. The molecule has 0 saturated carbocycles. The van der Waals surface area contributed by atoms with E-state index in [1.54, 1.807) is 4.90 Å². The van der Waals surface area contributed by atoms with Crippen LogP contribution in [0.4, 0.5) is 0 Å². The van der Waals surface area contributed by atoms with Crippen LogP contribution in [0.1, 0.15) is 16.8 Å². The number of benzene rings is 2. The largest absolute Gasteiger partial charge is 0.507 e. The second-order valence-electron chi connectivity index (χ2n) is 6.72. The lowest BCUT2D eigenvalue weighted by Crippen LogP contribution is -2.36. The molecule has 1 aromatic heterocycles. The molecule has 0 atom stereocenters. The molecule has 0 unspecified atom stereocenters. The Hall–Kier alpha value is -2.51. The lowest BCUT2D eigenvalue weighted by molar-refractivity contribution is -0.131. The Balaban J connectivity index is 1.60. The lowest BCUT2D eigenvalue weighted by Gasteiger charge is -2.27. The van der Waals surface area contributed by atoms with Gasteiger partial charge in [-0.05, 0) is 23.8 Å². The number of carbonyl (C=O) groups excluding carboxylic acids is 1. The third kappa shape index (κ3) is 3.59. The first kappa shape index (κ1) is 18.8. The van der Waals surface area contributed by atoms with E-state index in [4.69, 9.17) is 11.6 Å². The minimum atomic E-state index is -0.196. The normalized spacial score (nSPS) is 13.4. The summed E-state index contributed by atoms with van der Waals surface area (Å²) in [5, 5.41) is 27.3. The zero-order valence-electron chi connectivity index (χ0n) is 14.7. The number of carbonyl (C=O) groups is 1. The highest BCUT2D eigenvalue weighted by molar-refractivity contribution is 9.10. The van der Waals surface area contributed by atoms with Crippen molar-refractivity contribution >= 4 is 33.4 Å². The Labute approximate surface area is 174 Å². The van der Waals surface area contributed by atoms with Gasteiger partial charge in [-0.15, -0.1) is 0 Å². The van der Waals surface area contributed by atoms with Gasteiger partial charge in [0.2, 0.25) is 5.91 Å². The highest BCUT2D eigenvalue weighted by atomic mass is 79.9. The van der Waals surface area contributed by atoms with Crippen molar-refractivity contribution in [3.05, 3.63) is 62.7 Å². The third-order valence-electron chi connectivity index (χ3n) is 4.85. The van der Waals surface area contributed by atoms with Gasteiger partial charge in [-0.25, -0.2) is 0 Å². The molecule has 0 fully saturated rings. The maximum atomic E-state index is 12.8. The topological polar surface area (TPSA) is 89.5 Å². The second kappa shape index (κ2) is 7.48. The van der Waals surface area contributed by atoms with E-state index in [9.17, 15) is 15.0 Å². The van der Waals surface area contributed by atoms with E-state index in [-0.39, 0.29) is 22.4 Å². The standard InChI is InChI=1S/C20H17BrClN3O3/c21-12-3-1-2-11(6-12)7-19(28)25-5-4-16-14(10-25)20(24-23-16)13-8-15(22)18(27)9-17(13)26/h1-3,6,8-9,26-27H,4-5,7,10H2,(H,23,24). The number of aromatic nitrogens is 2. The summed E-state index contributed by atoms with van der Waals surface area (Å²) in [6.07, 6.45) is 0.970. The maximum Gasteiger partial charge on any atom is 0.227 e. The number of amides is 1. The molecule has 1 amide bonds. The Bertz CT molecular complexity index is 1070. The van der Waals surface area contributed by atoms with E-state index in [2.05, 4.69) is 26.1 Å². The first-order valence-electron chi connectivity index (χ1n) is 8.72. The second-order valence-corrected chi connectivity index (χ2v) is 8.04. The third-order valence-corrected chi connectivity index (χ3v) is 5.65. The summed E-state index contributed by atoms with van der Waals surface area (Å²) < 4.78 is 0.940. The number of hydrogen-bond acceptors (Lipinski definition) is 4. The predicted molar refractivity (Wildman–Crippen MR) is 109 cm³/mol. The van der Waals surface area contributed by atoms with E-state index in [1.807, 2.05) is 24.3 Å². The van der Waals surface area contributed by atoms with Crippen molar-refractivity contribution in [2.75, 3.05) is 6.54 Å². The highest BCUT2D eigenvalue weighted by Gasteiger charge is 2.27. The fourth-order valence-electron chi connectivity index (χ4n) is 3.40. The Morgan fingerprint density at radius 1 is 1.25 bits per heavy atom. The van der Waals surface area contributed by atoms with Crippen molar-refractivity contribution in [3.63, 3.8) is 0 Å². The Morgan fingerprint density at radius 3 is 2.86 bits per heavy atom. The summed E-state index contributed by atoms with van der Waals surface area (Å²) in [5.41, 5.74) is 3.69. The fraction of sp³-hybridized carbons (Fsp3) is 0.200. The average Bonchev–Trinajstić information content (AvgIpc) is 3.07. The Morgan fingerprint density at radius 2 is 2.07 bits per heavy atom. The van der Waals surface area contributed by atoms with Crippen molar-refractivity contribution in [2.45, 2.75) is 19.4 Å². The van der Waals surface area contributed by atoms with Crippen molar-refractivity contribution in [2.24, 2.45) is 0 Å². The molecule has 0 spiro atoms. The molecule has 0 radical (unpaired) electrons. The molecule has 0 saturated heterocycles. The van der Waals surface area contributed by atoms with E-state index in [1.165, 1.54) is 12.1 Å². The quantitative estimate of drug-likeness (QED) is 0.548. The van der Waals surface area contributed by atoms with E-state index in [0.29, 0.717) is 37.2 Å².